The Morgan fingerprint density at radius 1 is 0.375 bits per heavy atom. The summed E-state index contributed by atoms with van der Waals surface area (Å²) in [5.74, 6) is -15.1. The predicted octanol–water partition coefficient (Wildman–Crippen LogP) is 19.4. The van der Waals surface area contributed by atoms with Crippen molar-refractivity contribution in [3.05, 3.63) is 204 Å². The van der Waals surface area contributed by atoms with Gasteiger partial charge in [-0.1, -0.05) is 109 Å². The van der Waals surface area contributed by atoms with Crippen LogP contribution in [0.25, 0.3) is 83.9 Å². The van der Waals surface area contributed by atoms with Crippen molar-refractivity contribution >= 4 is 114 Å². The van der Waals surface area contributed by atoms with E-state index in [4.69, 9.17) is 63.6 Å². The Labute approximate surface area is 700 Å². The number of hydrogen-bond acceptors (Lipinski definition) is 18. The van der Waals surface area contributed by atoms with Crippen LogP contribution in [0, 0.1) is 103 Å². The average molecular weight is 1740 g/mol. The smallest absolute Gasteiger partial charge is 0.355 e. The van der Waals surface area contributed by atoms with Gasteiger partial charge < -0.3 is 31.9 Å². The summed E-state index contributed by atoms with van der Waals surface area (Å²) in [5.41, 5.74) is 12.7. The van der Waals surface area contributed by atoms with Crippen molar-refractivity contribution in [2.45, 2.75) is 139 Å². The topological polar surface area (TPSA) is 270 Å². The first-order valence-electron chi connectivity index (χ1n) is 38.6. The van der Waals surface area contributed by atoms with Gasteiger partial charge in [0.2, 0.25) is 0 Å². The molecule has 3 aliphatic rings. The van der Waals surface area contributed by atoms with Crippen LogP contribution in [0.15, 0.2) is 69.4 Å². The fourth-order valence-electron chi connectivity index (χ4n) is 15.8. The van der Waals surface area contributed by atoms with E-state index in [9.17, 15) is 40.7 Å². The normalized spacial score (nSPS) is 15.8. The van der Waals surface area contributed by atoms with Crippen LogP contribution >= 0.6 is 46.4 Å². The first-order valence-corrected chi connectivity index (χ1v) is 40.1. The molecule has 0 amide bonds. The van der Waals surface area contributed by atoms with Crippen molar-refractivity contribution in [3.8, 4) is 50.8 Å². The minimum atomic E-state index is -2.07. The summed E-state index contributed by atoms with van der Waals surface area (Å²) in [5, 5.41) is -2.29. The minimum Gasteiger partial charge on any atom is -0.397 e. The second kappa shape index (κ2) is 34.4. The van der Waals surface area contributed by atoms with Crippen LogP contribution in [0.3, 0.4) is 0 Å². The summed E-state index contributed by atoms with van der Waals surface area (Å²) >= 11 is 24.2. The predicted molar refractivity (Wildman–Crippen MR) is 446 cm³/mol. The number of pyridine rings is 6. The number of piperidine rings is 3. The van der Waals surface area contributed by atoms with Gasteiger partial charge in [0, 0.05) is 63.4 Å². The van der Waals surface area contributed by atoms with Crippen molar-refractivity contribution in [1.82, 2.24) is 58.6 Å². The van der Waals surface area contributed by atoms with E-state index in [1.165, 1.54) is 15.2 Å². The average Bonchev–Trinajstić information content (AvgIpc) is 0.739. The molecule has 3 fully saturated rings. The lowest BCUT2D eigenvalue weighted by Crippen LogP contribution is -2.37. The minimum absolute atomic E-state index is 0.0120. The maximum atomic E-state index is 15.9. The van der Waals surface area contributed by atoms with Gasteiger partial charge in [-0.3, -0.25) is 15.0 Å². The second-order valence-electron chi connectivity index (χ2n) is 31.5. The Hall–Kier alpha value is -10.8. The molecule has 21 nitrogen and oxygen atoms in total. The number of anilines is 6. The summed E-state index contributed by atoms with van der Waals surface area (Å²) in [4.78, 5) is 86.8. The van der Waals surface area contributed by atoms with Gasteiger partial charge in [0.1, 0.15) is 56.1 Å². The van der Waals surface area contributed by atoms with Gasteiger partial charge in [-0.05, 0) is 148 Å². The van der Waals surface area contributed by atoms with E-state index >= 15 is 22.0 Å². The van der Waals surface area contributed by atoms with Gasteiger partial charge in [0.25, 0.3) is 0 Å². The molecule has 120 heavy (non-hydrogen) atoms. The van der Waals surface area contributed by atoms with Crippen molar-refractivity contribution < 1.29 is 48.3 Å². The molecule has 630 valence electrons. The molecule has 6 N–H and O–H groups in total. The molecule has 0 spiro atoms. The lowest BCUT2D eigenvalue weighted by atomic mass is 10.00. The molecule has 3 atom stereocenters. The van der Waals surface area contributed by atoms with E-state index in [0.29, 0.717) is 102 Å². The number of nitrogen functional groups attached to an aromatic ring is 3. The summed E-state index contributed by atoms with van der Waals surface area (Å²) < 4.78 is 168. The molecule has 3 aliphatic heterocycles. The molecule has 0 radical (unpaired) electrons. The van der Waals surface area contributed by atoms with E-state index in [1.54, 1.807) is 43.7 Å². The highest BCUT2D eigenvalue weighted by Gasteiger charge is 2.36. The zero-order chi connectivity index (χ0) is 87.1. The zero-order valence-corrected chi connectivity index (χ0v) is 70.0. The largest absolute Gasteiger partial charge is 0.397 e. The Kier molecular flexibility index (Phi) is 24.9. The zero-order valence-electron chi connectivity index (χ0n) is 67.0. The van der Waals surface area contributed by atoms with Gasteiger partial charge in [-0.25, -0.2) is 91.3 Å². The molecular weight excluding hydrogens is 1660 g/mol. The lowest BCUT2D eigenvalue weighted by Gasteiger charge is -2.32. The van der Waals surface area contributed by atoms with Gasteiger partial charge >= 0.3 is 17.1 Å². The number of aryl methyl sites for hydroxylation is 3. The molecule has 12 heterocycles. The number of aromatic nitrogens is 12. The maximum absolute atomic E-state index is 15.9. The number of benzene rings is 3. The SMILES string of the molecule is Cc1ccnc(C(C)C)c1-n1c(=O)nc(N2CCC[C@H](C)C2)c2cc(F)c(-c3c(Cl)c(N)c(F)c(F)c3Cl)nc21.Cc1ccnc(C(C)C)c1-n1c(=O)nc(N2CCC[C@H](C)C2)c2cc(F)c(-c3c(F)c(N)c(F)c(F)c3F)nc21.Cc1ccnc(C(C)C)c1-n1c(=O)nc(N2CCC[C@H](C)C2)c2cc(F)c(-c3c(N)c(Cl)c(F)c(Cl)c3F)nc21. The van der Waals surface area contributed by atoms with E-state index < -0.39 is 152 Å². The van der Waals surface area contributed by atoms with E-state index in [2.05, 4.69) is 58.7 Å². The van der Waals surface area contributed by atoms with Gasteiger partial charge in [0.15, 0.2) is 75.1 Å². The molecule has 3 saturated heterocycles. The van der Waals surface area contributed by atoms with Crippen LogP contribution in [0.4, 0.5) is 82.8 Å². The number of halogens is 15. The van der Waals surface area contributed by atoms with Crippen LogP contribution in [0.5, 0.6) is 0 Å². The van der Waals surface area contributed by atoms with Crippen LogP contribution < -0.4 is 49.0 Å². The van der Waals surface area contributed by atoms with Crippen molar-refractivity contribution in [3.63, 3.8) is 0 Å². The van der Waals surface area contributed by atoms with Crippen LogP contribution in [-0.2, 0) is 0 Å². The quantitative estimate of drug-likeness (QED) is 0.0444. The second-order valence-corrected chi connectivity index (χ2v) is 33.0. The Morgan fingerprint density at radius 3 is 1.05 bits per heavy atom. The summed E-state index contributed by atoms with van der Waals surface area (Å²) in [7, 11) is 0. The number of nitrogens with zero attached hydrogens (tertiary/aromatic N) is 15. The van der Waals surface area contributed by atoms with Crippen LogP contribution in [0.2, 0.25) is 20.1 Å². The fourth-order valence-corrected chi connectivity index (χ4v) is 16.8. The van der Waals surface area contributed by atoms with Crippen molar-refractivity contribution in [2.75, 3.05) is 71.2 Å². The Morgan fingerprint density at radius 2 is 0.708 bits per heavy atom. The molecule has 36 heteroatoms. The summed E-state index contributed by atoms with van der Waals surface area (Å²) in [6.07, 6.45) is 10.4. The monoisotopic (exact) mass is 1740 g/mol. The van der Waals surface area contributed by atoms with Gasteiger partial charge in [-0.15, -0.1) is 0 Å². The first kappa shape index (κ1) is 87.0. The fraction of sp³-hybridized carbons (Fsp3) is 0.357. The van der Waals surface area contributed by atoms with E-state index in [-0.39, 0.29) is 74.2 Å². The van der Waals surface area contributed by atoms with E-state index in [0.717, 1.165) is 55.2 Å². The molecule has 15 rings (SSSR count). The highest BCUT2D eigenvalue weighted by atomic mass is 35.5. The molecule has 12 aromatic rings. The molecule has 9 aromatic heterocycles. The Balaban J connectivity index is 0.000000156. The molecular formula is C84H81Cl4F11N18O3. The highest BCUT2D eigenvalue weighted by molar-refractivity contribution is 6.41. The number of fused-ring (bicyclic) bond motifs is 3. The third kappa shape index (κ3) is 15.7. The molecule has 0 unspecified atom stereocenters. The number of hydrogen-bond donors (Lipinski definition) is 3. The molecule has 0 aliphatic carbocycles. The standard InChI is InChI=1S/2C28H27Cl2F3N6O.C28H27F5N6O/c1-12(2)23-25(14(4)7-8-35-23)39-27-15(26(37-28(39)40)38-9-5-6-13(3)11-38)10-16(31)24(36-27)17-20(32)18(29)21(33)19(30)22(17)34;1-12(2)23-25(14(4)7-8-35-23)39-27-15(26(37-28(39)40)38-9-5-6-13(3)11-38)10-16(31)24(36-27)17-18(29)20(32)21(33)22(34)19(17)30;1-12(2)23-25(14(4)7-8-35-23)39-27-15(26(37-28(39)40)38-9-5-6-13(3)11-38)10-16(29)24(36-27)17-18(30)20(32)21(33)22(34)19(17)31/h3*7-8,10,12-13H,5-6,9,11,34H2,1-4H3/t3*13-/m000/s1. The lowest BCUT2D eigenvalue weighted by molar-refractivity contribution is 0.440. The van der Waals surface area contributed by atoms with Crippen LogP contribution in [-0.4, -0.2) is 97.8 Å². The molecule has 3 aromatic carbocycles. The van der Waals surface area contributed by atoms with Gasteiger partial charge in [-0.2, -0.15) is 15.0 Å². The van der Waals surface area contributed by atoms with Gasteiger partial charge in [0.05, 0.1) is 82.8 Å². The third-order valence-electron chi connectivity index (χ3n) is 21.7. The number of rotatable bonds is 12. The summed E-state index contributed by atoms with van der Waals surface area (Å²) in [6, 6.07) is 8.40. The maximum Gasteiger partial charge on any atom is 0.355 e. The first-order chi connectivity index (χ1) is 56.7. The summed E-state index contributed by atoms with van der Waals surface area (Å²) in [6.45, 7) is 26.6. The van der Waals surface area contributed by atoms with Crippen molar-refractivity contribution in [2.24, 2.45) is 17.8 Å². The molecule has 0 bridgehead atoms. The van der Waals surface area contributed by atoms with Crippen LogP contribution in [0.1, 0.15) is 152 Å². The van der Waals surface area contributed by atoms with Crippen molar-refractivity contribution in [1.29, 1.82) is 0 Å². The molecule has 0 saturated carbocycles. The number of nitrogens with two attached hydrogens (primary N) is 3. The van der Waals surface area contributed by atoms with E-state index in [1.807, 2.05) is 77.0 Å². The Bertz CT molecular complexity index is 5690. The third-order valence-corrected chi connectivity index (χ3v) is 23.1. The highest BCUT2D eigenvalue weighted by Crippen LogP contribution is 2.47.